The van der Waals surface area contributed by atoms with Crippen LogP contribution in [0.1, 0.15) is 36.4 Å². The SMILES string of the molecule is CC[C@H](CNC(=O)[C@@H](Cc1ccccc1)n1cnnn1)c1ccccc1. The van der Waals surface area contributed by atoms with E-state index in [0.29, 0.717) is 13.0 Å². The highest BCUT2D eigenvalue weighted by Crippen LogP contribution is 2.19. The molecule has 6 heteroatoms. The fourth-order valence-electron chi connectivity index (χ4n) is 3.02. The lowest BCUT2D eigenvalue weighted by atomic mass is 9.96. The molecule has 0 fully saturated rings. The molecule has 0 aliphatic carbocycles. The van der Waals surface area contributed by atoms with Crippen LogP contribution in [0.15, 0.2) is 67.0 Å². The summed E-state index contributed by atoms with van der Waals surface area (Å²) in [5.41, 5.74) is 2.30. The Morgan fingerprint density at radius 2 is 1.77 bits per heavy atom. The number of aromatic nitrogens is 4. The highest BCUT2D eigenvalue weighted by molar-refractivity contribution is 5.80. The van der Waals surface area contributed by atoms with E-state index in [0.717, 1.165) is 12.0 Å². The molecule has 26 heavy (non-hydrogen) atoms. The van der Waals surface area contributed by atoms with E-state index < -0.39 is 6.04 Å². The number of nitrogens with one attached hydrogen (secondary N) is 1. The summed E-state index contributed by atoms with van der Waals surface area (Å²) < 4.78 is 1.52. The molecular weight excluding hydrogens is 326 g/mol. The standard InChI is InChI=1S/C20H23N5O/c1-2-17(18-11-7-4-8-12-18)14-21-20(26)19(25-15-22-23-24-25)13-16-9-5-3-6-10-16/h3-12,15,17,19H,2,13-14H2,1H3,(H,21,26)/t17-,19-/m1/s1. The predicted molar refractivity (Wildman–Crippen MR) is 99.5 cm³/mol. The van der Waals surface area contributed by atoms with Crippen LogP contribution in [0.2, 0.25) is 0 Å². The number of hydrogen-bond donors (Lipinski definition) is 1. The molecule has 0 unspecified atom stereocenters. The van der Waals surface area contributed by atoms with Gasteiger partial charge in [-0.2, -0.15) is 0 Å². The van der Waals surface area contributed by atoms with Crippen LogP contribution in [0.3, 0.4) is 0 Å². The van der Waals surface area contributed by atoms with Crippen LogP contribution < -0.4 is 5.32 Å². The molecule has 3 aromatic rings. The van der Waals surface area contributed by atoms with Crippen molar-refractivity contribution in [2.75, 3.05) is 6.54 Å². The average molecular weight is 349 g/mol. The molecule has 2 atom stereocenters. The Kier molecular flexibility index (Phi) is 6.09. The van der Waals surface area contributed by atoms with Gasteiger partial charge in [-0.15, -0.1) is 5.10 Å². The summed E-state index contributed by atoms with van der Waals surface area (Å²) in [5.74, 6) is 0.210. The molecule has 1 aromatic heterocycles. The molecule has 0 saturated carbocycles. The van der Waals surface area contributed by atoms with Gasteiger partial charge in [0.05, 0.1) is 0 Å². The second-order valence-corrected chi connectivity index (χ2v) is 6.26. The second-order valence-electron chi connectivity index (χ2n) is 6.26. The summed E-state index contributed by atoms with van der Waals surface area (Å²) in [7, 11) is 0. The third-order valence-electron chi connectivity index (χ3n) is 4.55. The zero-order valence-corrected chi connectivity index (χ0v) is 14.8. The molecule has 3 rings (SSSR count). The van der Waals surface area contributed by atoms with Gasteiger partial charge >= 0.3 is 0 Å². The zero-order valence-electron chi connectivity index (χ0n) is 14.8. The molecule has 0 saturated heterocycles. The molecular formula is C20H23N5O. The molecule has 134 valence electrons. The van der Waals surface area contributed by atoms with Gasteiger partial charge < -0.3 is 5.32 Å². The lowest BCUT2D eigenvalue weighted by Crippen LogP contribution is -2.36. The van der Waals surface area contributed by atoms with Gasteiger partial charge in [-0.05, 0) is 28.0 Å². The van der Waals surface area contributed by atoms with Crippen molar-refractivity contribution in [2.24, 2.45) is 0 Å². The summed E-state index contributed by atoms with van der Waals surface area (Å²) in [6, 6.07) is 19.7. The topological polar surface area (TPSA) is 72.7 Å². The third kappa shape index (κ3) is 4.53. The molecule has 0 radical (unpaired) electrons. The fraction of sp³-hybridized carbons (Fsp3) is 0.300. The van der Waals surface area contributed by atoms with Crippen molar-refractivity contribution >= 4 is 5.91 Å². The van der Waals surface area contributed by atoms with E-state index in [-0.39, 0.29) is 11.8 Å². The van der Waals surface area contributed by atoms with E-state index in [1.165, 1.54) is 16.6 Å². The van der Waals surface area contributed by atoms with Crippen LogP contribution in [0.25, 0.3) is 0 Å². The van der Waals surface area contributed by atoms with Gasteiger partial charge in [-0.1, -0.05) is 67.6 Å². The van der Waals surface area contributed by atoms with Crippen molar-refractivity contribution in [2.45, 2.75) is 31.7 Å². The lowest BCUT2D eigenvalue weighted by molar-refractivity contribution is -0.124. The zero-order chi connectivity index (χ0) is 18.2. The van der Waals surface area contributed by atoms with Crippen molar-refractivity contribution in [3.63, 3.8) is 0 Å². The first-order valence-corrected chi connectivity index (χ1v) is 8.87. The molecule has 1 N–H and O–H groups in total. The quantitative estimate of drug-likeness (QED) is 0.679. The van der Waals surface area contributed by atoms with Crippen LogP contribution in [0.4, 0.5) is 0 Å². The number of nitrogens with zero attached hydrogens (tertiary/aromatic N) is 4. The Bertz CT molecular complexity index is 790. The summed E-state index contributed by atoms with van der Waals surface area (Å²) in [6.07, 6.45) is 2.99. The Morgan fingerprint density at radius 3 is 2.38 bits per heavy atom. The minimum atomic E-state index is -0.472. The van der Waals surface area contributed by atoms with Crippen molar-refractivity contribution < 1.29 is 4.79 Å². The number of rotatable bonds is 8. The van der Waals surface area contributed by atoms with E-state index >= 15 is 0 Å². The van der Waals surface area contributed by atoms with Gasteiger partial charge in [-0.25, -0.2) is 4.68 Å². The van der Waals surface area contributed by atoms with Gasteiger partial charge in [0.15, 0.2) is 0 Å². The van der Waals surface area contributed by atoms with Crippen molar-refractivity contribution in [1.29, 1.82) is 0 Å². The highest BCUT2D eigenvalue weighted by Gasteiger charge is 2.23. The van der Waals surface area contributed by atoms with Gasteiger partial charge in [0.2, 0.25) is 5.91 Å². The Hall–Kier alpha value is -3.02. The first-order valence-electron chi connectivity index (χ1n) is 8.87. The van der Waals surface area contributed by atoms with Crippen LogP contribution in [0, 0.1) is 0 Å². The molecule has 0 aliphatic rings. The maximum Gasteiger partial charge on any atom is 0.245 e. The Balaban J connectivity index is 1.69. The highest BCUT2D eigenvalue weighted by atomic mass is 16.2. The van der Waals surface area contributed by atoms with Crippen LogP contribution in [-0.2, 0) is 11.2 Å². The van der Waals surface area contributed by atoms with Gasteiger partial charge in [0.25, 0.3) is 0 Å². The predicted octanol–water partition coefficient (Wildman–Crippen LogP) is 2.77. The van der Waals surface area contributed by atoms with Crippen LogP contribution in [0.5, 0.6) is 0 Å². The fourth-order valence-corrected chi connectivity index (χ4v) is 3.02. The summed E-state index contributed by atoms with van der Waals surface area (Å²) >= 11 is 0. The third-order valence-corrected chi connectivity index (χ3v) is 4.55. The number of amides is 1. The van der Waals surface area contributed by atoms with Gasteiger partial charge in [0, 0.05) is 18.9 Å². The molecule has 0 aliphatic heterocycles. The molecule has 0 bridgehead atoms. The monoisotopic (exact) mass is 349 g/mol. The van der Waals surface area contributed by atoms with Gasteiger partial charge in [-0.3, -0.25) is 4.79 Å². The lowest BCUT2D eigenvalue weighted by Gasteiger charge is -2.20. The summed E-state index contributed by atoms with van der Waals surface area (Å²) in [6.45, 7) is 2.72. The van der Waals surface area contributed by atoms with Crippen LogP contribution >= 0.6 is 0 Å². The van der Waals surface area contributed by atoms with Crippen molar-refractivity contribution in [3.05, 3.63) is 78.1 Å². The maximum absolute atomic E-state index is 12.9. The molecule has 2 aromatic carbocycles. The normalized spacial score (nSPS) is 13.1. The van der Waals surface area contributed by atoms with E-state index in [4.69, 9.17) is 0 Å². The molecule has 6 nitrogen and oxygen atoms in total. The Labute approximate surface area is 153 Å². The first-order chi connectivity index (χ1) is 12.8. The largest absolute Gasteiger partial charge is 0.354 e. The molecule has 0 spiro atoms. The average Bonchev–Trinajstić information content (AvgIpc) is 3.22. The number of tetrazole rings is 1. The molecule has 1 amide bonds. The van der Waals surface area contributed by atoms with E-state index in [1.807, 2.05) is 48.5 Å². The Morgan fingerprint density at radius 1 is 1.08 bits per heavy atom. The van der Waals surface area contributed by atoms with Crippen molar-refractivity contribution in [1.82, 2.24) is 25.5 Å². The van der Waals surface area contributed by atoms with Gasteiger partial charge in [0.1, 0.15) is 12.4 Å². The number of carbonyl (C=O) groups is 1. The van der Waals surface area contributed by atoms with Crippen molar-refractivity contribution in [3.8, 4) is 0 Å². The van der Waals surface area contributed by atoms with E-state index in [1.54, 1.807) is 0 Å². The van der Waals surface area contributed by atoms with E-state index in [2.05, 4.69) is 39.9 Å². The second kappa shape index (κ2) is 8.89. The summed E-state index contributed by atoms with van der Waals surface area (Å²) in [5, 5.41) is 14.4. The number of benzene rings is 2. The minimum Gasteiger partial charge on any atom is -0.354 e. The number of carbonyl (C=O) groups excluding carboxylic acids is 1. The van der Waals surface area contributed by atoms with Crippen LogP contribution in [-0.4, -0.2) is 32.7 Å². The molecule has 1 heterocycles. The van der Waals surface area contributed by atoms with E-state index in [9.17, 15) is 4.79 Å². The summed E-state index contributed by atoms with van der Waals surface area (Å²) in [4.78, 5) is 12.9. The first kappa shape index (κ1) is 17.8. The smallest absolute Gasteiger partial charge is 0.245 e. The minimum absolute atomic E-state index is 0.0736. The maximum atomic E-state index is 12.9. The number of hydrogen-bond acceptors (Lipinski definition) is 4.